The minimum atomic E-state index is -0.538. The molecule has 1 heterocycles. The first kappa shape index (κ1) is 17.1. The summed E-state index contributed by atoms with van der Waals surface area (Å²) in [4.78, 5) is 26.2. The van der Waals surface area contributed by atoms with Gasteiger partial charge in [-0.25, -0.2) is 8.78 Å². The molecule has 0 aliphatic carbocycles. The summed E-state index contributed by atoms with van der Waals surface area (Å²) in [6.07, 6.45) is 1.01. The van der Waals surface area contributed by atoms with Crippen molar-refractivity contribution in [3.8, 4) is 0 Å². The molecule has 1 aliphatic rings. The second-order valence-electron chi connectivity index (χ2n) is 6.04. The Bertz CT molecular complexity index is 769. The van der Waals surface area contributed by atoms with E-state index in [4.69, 9.17) is 0 Å². The number of rotatable bonds is 3. The Morgan fingerprint density at radius 3 is 2.24 bits per heavy atom. The highest BCUT2D eigenvalue weighted by molar-refractivity contribution is 5.95. The molecule has 0 spiro atoms. The number of nitrogens with zero attached hydrogens (tertiary/aromatic N) is 1. The van der Waals surface area contributed by atoms with Gasteiger partial charge in [0.05, 0.1) is 5.56 Å². The molecule has 1 saturated heterocycles. The number of carbonyl (C=O) groups is 2. The highest BCUT2D eigenvalue weighted by Gasteiger charge is 2.28. The van der Waals surface area contributed by atoms with E-state index in [1.165, 1.54) is 42.5 Å². The molecule has 0 aromatic heterocycles. The zero-order chi connectivity index (χ0) is 17.8. The molecule has 1 fully saturated rings. The predicted molar refractivity (Wildman–Crippen MR) is 90.1 cm³/mol. The molecule has 0 radical (unpaired) electrons. The largest absolute Gasteiger partial charge is 0.339 e. The number of nitrogens with one attached hydrogen (secondary N) is 1. The standard InChI is InChI=1S/C19H18F2N2O2/c20-14-5-7-15(8-6-14)22-18(24)13-9-11-23(12-10-13)19(25)16-3-1-2-4-17(16)21/h1-8,13H,9-12H2,(H,22,24). The van der Waals surface area contributed by atoms with Crippen molar-refractivity contribution in [1.29, 1.82) is 0 Å². The zero-order valence-corrected chi connectivity index (χ0v) is 13.5. The summed E-state index contributed by atoms with van der Waals surface area (Å²) in [5, 5.41) is 2.75. The number of halogens is 2. The van der Waals surface area contributed by atoms with Gasteiger partial charge in [0, 0.05) is 24.7 Å². The number of hydrogen-bond donors (Lipinski definition) is 1. The molecule has 3 rings (SSSR count). The summed E-state index contributed by atoms with van der Waals surface area (Å²) < 4.78 is 26.6. The van der Waals surface area contributed by atoms with Gasteiger partial charge in [0.25, 0.3) is 5.91 Å². The Morgan fingerprint density at radius 1 is 0.960 bits per heavy atom. The van der Waals surface area contributed by atoms with Crippen LogP contribution in [0.4, 0.5) is 14.5 Å². The predicted octanol–water partition coefficient (Wildman–Crippen LogP) is 3.46. The van der Waals surface area contributed by atoms with Crippen molar-refractivity contribution < 1.29 is 18.4 Å². The van der Waals surface area contributed by atoms with Crippen molar-refractivity contribution in [3.63, 3.8) is 0 Å². The van der Waals surface area contributed by atoms with Gasteiger partial charge in [-0.05, 0) is 49.2 Å². The van der Waals surface area contributed by atoms with Crippen molar-refractivity contribution in [2.75, 3.05) is 18.4 Å². The number of carbonyl (C=O) groups excluding carboxylic acids is 2. The molecule has 4 nitrogen and oxygen atoms in total. The molecule has 6 heteroatoms. The fraction of sp³-hybridized carbons (Fsp3) is 0.263. The Kier molecular flexibility index (Phi) is 5.07. The van der Waals surface area contributed by atoms with Gasteiger partial charge in [-0.2, -0.15) is 0 Å². The maximum absolute atomic E-state index is 13.7. The van der Waals surface area contributed by atoms with Crippen molar-refractivity contribution in [2.45, 2.75) is 12.8 Å². The first-order valence-electron chi connectivity index (χ1n) is 8.15. The maximum Gasteiger partial charge on any atom is 0.256 e. The smallest absolute Gasteiger partial charge is 0.256 e. The van der Waals surface area contributed by atoms with Gasteiger partial charge in [-0.1, -0.05) is 12.1 Å². The monoisotopic (exact) mass is 344 g/mol. The van der Waals surface area contributed by atoms with Crippen molar-refractivity contribution in [3.05, 3.63) is 65.7 Å². The summed E-state index contributed by atoms with van der Waals surface area (Å²) in [5.41, 5.74) is 0.591. The summed E-state index contributed by atoms with van der Waals surface area (Å²) >= 11 is 0. The molecule has 1 aliphatic heterocycles. The lowest BCUT2D eigenvalue weighted by Gasteiger charge is -2.31. The lowest BCUT2D eigenvalue weighted by atomic mass is 9.95. The lowest BCUT2D eigenvalue weighted by molar-refractivity contribution is -0.121. The van der Waals surface area contributed by atoms with Crippen LogP contribution in [0.1, 0.15) is 23.2 Å². The third kappa shape index (κ3) is 4.02. The molecule has 0 saturated carbocycles. The van der Waals surface area contributed by atoms with Gasteiger partial charge in [-0.15, -0.1) is 0 Å². The van der Waals surface area contributed by atoms with E-state index in [-0.39, 0.29) is 29.1 Å². The van der Waals surface area contributed by atoms with E-state index in [0.717, 1.165) is 0 Å². The van der Waals surface area contributed by atoms with Gasteiger partial charge in [-0.3, -0.25) is 9.59 Å². The quantitative estimate of drug-likeness (QED) is 0.927. The molecule has 0 atom stereocenters. The average Bonchev–Trinajstić information content (AvgIpc) is 2.63. The van der Waals surface area contributed by atoms with Crippen LogP contribution in [0.25, 0.3) is 0 Å². The highest BCUT2D eigenvalue weighted by Crippen LogP contribution is 2.22. The second-order valence-corrected chi connectivity index (χ2v) is 6.04. The van der Waals surface area contributed by atoms with Crippen molar-refractivity contribution in [1.82, 2.24) is 4.90 Å². The van der Waals surface area contributed by atoms with Gasteiger partial charge in [0.2, 0.25) is 5.91 Å². The van der Waals surface area contributed by atoms with Crippen LogP contribution in [-0.2, 0) is 4.79 Å². The van der Waals surface area contributed by atoms with E-state index in [9.17, 15) is 18.4 Å². The number of hydrogen-bond acceptors (Lipinski definition) is 2. The molecule has 2 amide bonds. The summed E-state index contributed by atoms with van der Waals surface area (Å²) in [6, 6.07) is 11.5. The Morgan fingerprint density at radius 2 is 1.60 bits per heavy atom. The van der Waals surface area contributed by atoms with Crippen LogP contribution in [0.2, 0.25) is 0 Å². The summed E-state index contributed by atoms with van der Waals surface area (Å²) in [5.74, 6) is -1.63. The normalized spacial score (nSPS) is 15.0. The molecule has 130 valence electrons. The third-order valence-corrected chi connectivity index (χ3v) is 4.37. The Balaban J connectivity index is 1.56. The van der Waals surface area contributed by atoms with E-state index in [1.807, 2.05) is 0 Å². The van der Waals surface area contributed by atoms with Crippen molar-refractivity contribution >= 4 is 17.5 Å². The van der Waals surface area contributed by atoms with E-state index in [2.05, 4.69) is 5.32 Å². The average molecular weight is 344 g/mol. The van der Waals surface area contributed by atoms with Gasteiger partial charge < -0.3 is 10.2 Å². The molecule has 2 aromatic rings. The van der Waals surface area contributed by atoms with Crippen molar-refractivity contribution in [2.24, 2.45) is 5.92 Å². The van der Waals surface area contributed by atoms with Crippen LogP contribution in [-0.4, -0.2) is 29.8 Å². The molecule has 25 heavy (non-hydrogen) atoms. The molecular weight excluding hydrogens is 326 g/mol. The molecule has 0 unspecified atom stereocenters. The fourth-order valence-corrected chi connectivity index (χ4v) is 2.93. The fourth-order valence-electron chi connectivity index (χ4n) is 2.93. The van der Waals surface area contributed by atoms with E-state index >= 15 is 0 Å². The first-order valence-corrected chi connectivity index (χ1v) is 8.15. The molecule has 0 bridgehead atoms. The van der Waals surface area contributed by atoms with Crippen LogP contribution in [0, 0.1) is 17.6 Å². The lowest BCUT2D eigenvalue weighted by Crippen LogP contribution is -2.41. The van der Waals surface area contributed by atoms with E-state index in [1.54, 1.807) is 11.0 Å². The van der Waals surface area contributed by atoms with Gasteiger partial charge >= 0.3 is 0 Å². The SMILES string of the molecule is O=C(Nc1ccc(F)cc1)C1CCN(C(=O)c2ccccc2F)CC1. The number of anilines is 1. The van der Waals surface area contributed by atoms with Crippen LogP contribution in [0.3, 0.4) is 0 Å². The van der Waals surface area contributed by atoms with Gasteiger partial charge in [0.1, 0.15) is 11.6 Å². The second kappa shape index (κ2) is 7.42. The molecule has 1 N–H and O–H groups in total. The van der Waals surface area contributed by atoms with Crippen LogP contribution in [0.15, 0.2) is 48.5 Å². The van der Waals surface area contributed by atoms with Crippen LogP contribution < -0.4 is 5.32 Å². The maximum atomic E-state index is 13.7. The Hall–Kier alpha value is -2.76. The zero-order valence-electron chi connectivity index (χ0n) is 13.5. The first-order chi connectivity index (χ1) is 12.0. The number of benzene rings is 2. The van der Waals surface area contributed by atoms with E-state index in [0.29, 0.717) is 31.6 Å². The number of piperidine rings is 1. The molecule has 2 aromatic carbocycles. The summed E-state index contributed by atoms with van der Waals surface area (Å²) in [6.45, 7) is 0.795. The number of likely N-dealkylation sites (tertiary alicyclic amines) is 1. The minimum absolute atomic E-state index is 0.0525. The van der Waals surface area contributed by atoms with Gasteiger partial charge in [0.15, 0.2) is 0 Å². The highest BCUT2D eigenvalue weighted by atomic mass is 19.1. The molecular formula is C19H18F2N2O2. The van der Waals surface area contributed by atoms with Crippen LogP contribution in [0.5, 0.6) is 0 Å². The van der Waals surface area contributed by atoms with Crippen LogP contribution >= 0.6 is 0 Å². The Labute approximate surface area is 144 Å². The van der Waals surface area contributed by atoms with E-state index < -0.39 is 5.82 Å². The summed E-state index contributed by atoms with van der Waals surface area (Å²) in [7, 11) is 0. The number of amides is 2. The minimum Gasteiger partial charge on any atom is -0.339 e. The topological polar surface area (TPSA) is 49.4 Å². The third-order valence-electron chi connectivity index (χ3n) is 4.37.